The number of hydrogen-bond acceptors (Lipinski definition) is 4. The van der Waals surface area contributed by atoms with Crippen molar-refractivity contribution in [3.8, 4) is 0 Å². The van der Waals surface area contributed by atoms with E-state index in [1.807, 2.05) is 23.1 Å². The SMILES string of the molecule is CCS(=O)(=O)c1ccc(N2CCN(c3ccccc3F)CC2)cc1. The monoisotopic (exact) mass is 348 g/mol. The Hall–Kier alpha value is -2.08. The molecule has 3 rings (SSSR count). The van der Waals surface area contributed by atoms with E-state index < -0.39 is 9.84 Å². The number of benzene rings is 2. The summed E-state index contributed by atoms with van der Waals surface area (Å²) in [6, 6.07) is 13.8. The van der Waals surface area contributed by atoms with Gasteiger partial charge in [0.2, 0.25) is 0 Å². The number of piperazine rings is 1. The number of para-hydroxylation sites is 1. The third-order valence-electron chi connectivity index (χ3n) is 4.41. The van der Waals surface area contributed by atoms with Gasteiger partial charge in [-0.3, -0.25) is 0 Å². The third kappa shape index (κ3) is 3.38. The zero-order chi connectivity index (χ0) is 17.2. The van der Waals surface area contributed by atoms with Crippen molar-refractivity contribution in [2.24, 2.45) is 0 Å². The van der Waals surface area contributed by atoms with Gasteiger partial charge in [0.15, 0.2) is 9.84 Å². The summed E-state index contributed by atoms with van der Waals surface area (Å²) in [4.78, 5) is 4.60. The normalized spacial score (nSPS) is 15.6. The van der Waals surface area contributed by atoms with Crippen LogP contribution >= 0.6 is 0 Å². The van der Waals surface area contributed by atoms with Crippen LogP contribution in [-0.2, 0) is 9.84 Å². The van der Waals surface area contributed by atoms with Crippen LogP contribution in [0.15, 0.2) is 53.4 Å². The van der Waals surface area contributed by atoms with Crippen LogP contribution in [0.25, 0.3) is 0 Å². The van der Waals surface area contributed by atoms with Gasteiger partial charge in [0.05, 0.1) is 16.3 Å². The van der Waals surface area contributed by atoms with E-state index in [1.165, 1.54) is 6.07 Å². The molecule has 0 bridgehead atoms. The molecule has 0 spiro atoms. The van der Waals surface area contributed by atoms with Gasteiger partial charge in [0.25, 0.3) is 0 Å². The van der Waals surface area contributed by atoms with Crippen LogP contribution in [0.1, 0.15) is 6.92 Å². The molecule has 0 amide bonds. The molecule has 0 saturated carbocycles. The summed E-state index contributed by atoms with van der Waals surface area (Å²) in [6.07, 6.45) is 0. The number of rotatable bonds is 4. The van der Waals surface area contributed by atoms with Gasteiger partial charge in [-0.15, -0.1) is 0 Å². The lowest BCUT2D eigenvalue weighted by Crippen LogP contribution is -2.46. The largest absolute Gasteiger partial charge is 0.368 e. The summed E-state index contributed by atoms with van der Waals surface area (Å²) in [5, 5.41) is 0. The highest BCUT2D eigenvalue weighted by Crippen LogP contribution is 2.24. The maximum Gasteiger partial charge on any atom is 0.178 e. The minimum absolute atomic E-state index is 0.105. The first-order valence-electron chi connectivity index (χ1n) is 8.08. The smallest absolute Gasteiger partial charge is 0.178 e. The molecular formula is C18H21FN2O2S. The second-order valence-corrected chi connectivity index (χ2v) is 8.10. The van der Waals surface area contributed by atoms with Crippen LogP contribution in [0.3, 0.4) is 0 Å². The molecule has 6 heteroatoms. The molecule has 1 saturated heterocycles. The Morgan fingerprint density at radius 1 is 0.917 bits per heavy atom. The molecule has 0 aromatic heterocycles. The summed E-state index contributed by atoms with van der Waals surface area (Å²) in [6.45, 7) is 4.65. The van der Waals surface area contributed by atoms with Gasteiger partial charge in [0.1, 0.15) is 5.82 Å². The highest BCUT2D eigenvalue weighted by Gasteiger charge is 2.20. The second-order valence-electron chi connectivity index (χ2n) is 5.82. The van der Waals surface area contributed by atoms with E-state index >= 15 is 0 Å². The molecule has 24 heavy (non-hydrogen) atoms. The zero-order valence-electron chi connectivity index (χ0n) is 13.7. The fourth-order valence-corrected chi connectivity index (χ4v) is 3.83. The van der Waals surface area contributed by atoms with Crippen molar-refractivity contribution in [3.05, 3.63) is 54.3 Å². The molecule has 0 atom stereocenters. The van der Waals surface area contributed by atoms with Gasteiger partial charge in [0, 0.05) is 31.9 Å². The van der Waals surface area contributed by atoms with Crippen LogP contribution < -0.4 is 9.80 Å². The van der Waals surface area contributed by atoms with Crippen molar-refractivity contribution in [2.75, 3.05) is 41.7 Å². The number of sulfone groups is 1. The van der Waals surface area contributed by atoms with Crippen molar-refractivity contribution < 1.29 is 12.8 Å². The Morgan fingerprint density at radius 2 is 1.50 bits per heavy atom. The summed E-state index contributed by atoms with van der Waals surface area (Å²) in [7, 11) is -3.16. The van der Waals surface area contributed by atoms with Crippen molar-refractivity contribution in [3.63, 3.8) is 0 Å². The molecule has 1 aliphatic rings. The molecule has 0 N–H and O–H groups in total. The van der Waals surface area contributed by atoms with E-state index in [4.69, 9.17) is 0 Å². The van der Waals surface area contributed by atoms with Crippen LogP contribution in [0, 0.1) is 5.82 Å². The van der Waals surface area contributed by atoms with Gasteiger partial charge in [-0.05, 0) is 36.4 Å². The van der Waals surface area contributed by atoms with E-state index in [2.05, 4.69) is 4.90 Å². The molecule has 1 fully saturated rings. The Labute approximate surface area is 142 Å². The molecular weight excluding hydrogens is 327 g/mol. The Balaban J connectivity index is 1.68. The molecule has 0 radical (unpaired) electrons. The lowest BCUT2D eigenvalue weighted by atomic mass is 10.2. The van der Waals surface area contributed by atoms with Crippen molar-refractivity contribution in [1.29, 1.82) is 0 Å². The number of halogens is 1. The average Bonchev–Trinajstić information content (AvgIpc) is 2.62. The minimum Gasteiger partial charge on any atom is -0.368 e. The molecule has 2 aromatic carbocycles. The summed E-state index contributed by atoms with van der Waals surface area (Å²) >= 11 is 0. The maximum absolute atomic E-state index is 13.9. The van der Waals surface area contributed by atoms with Crippen LogP contribution in [0.4, 0.5) is 15.8 Å². The Bertz CT molecular complexity index is 798. The molecule has 0 unspecified atom stereocenters. The number of hydrogen-bond donors (Lipinski definition) is 0. The zero-order valence-corrected chi connectivity index (χ0v) is 14.5. The van der Waals surface area contributed by atoms with Gasteiger partial charge in [-0.2, -0.15) is 0 Å². The molecule has 4 nitrogen and oxygen atoms in total. The molecule has 2 aromatic rings. The van der Waals surface area contributed by atoms with Gasteiger partial charge >= 0.3 is 0 Å². The van der Waals surface area contributed by atoms with E-state index in [1.54, 1.807) is 31.2 Å². The fourth-order valence-electron chi connectivity index (χ4n) is 2.94. The predicted molar refractivity (Wildman–Crippen MR) is 95.0 cm³/mol. The Morgan fingerprint density at radius 3 is 2.08 bits per heavy atom. The number of anilines is 2. The quantitative estimate of drug-likeness (QED) is 0.852. The summed E-state index contributed by atoms with van der Waals surface area (Å²) in [5.41, 5.74) is 1.64. The topological polar surface area (TPSA) is 40.6 Å². The number of nitrogens with zero attached hydrogens (tertiary/aromatic N) is 2. The average molecular weight is 348 g/mol. The molecule has 128 valence electrons. The minimum atomic E-state index is -3.16. The standard InChI is InChI=1S/C18H21FN2O2S/c1-2-24(22,23)16-9-7-15(8-10-16)20-11-13-21(14-12-20)18-6-4-3-5-17(18)19/h3-10H,2,11-14H2,1H3. The van der Waals surface area contributed by atoms with Crippen molar-refractivity contribution in [1.82, 2.24) is 0 Å². The van der Waals surface area contributed by atoms with Gasteiger partial charge in [-0.25, -0.2) is 12.8 Å². The lowest BCUT2D eigenvalue weighted by molar-refractivity contribution is 0.596. The second kappa shape index (κ2) is 6.81. The first kappa shape index (κ1) is 16.8. The van der Waals surface area contributed by atoms with E-state index in [9.17, 15) is 12.8 Å². The van der Waals surface area contributed by atoms with Crippen LogP contribution in [0.2, 0.25) is 0 Å². The van der Waals surface area contributed by atoms with E-state index in [-0.39, 0.29) is 11.6 Å². The maximum atomic E-state index is 13.9. The van der Waals surface area contributed by atoms with Crippen LogP contribution in [-0.4, -0.2) is 40.3 Å². The Kier molecular flexibility index (Phi) is 4.76. The first-order chi connectivity index (χ1) is 11.5. The highest BCUT2D eigenvalue weighted by atomic mass is 32.2. The van der Waals surface area contributed by atoms with E-state index in [0.29, 0.717) is 10.6 Å². The molecule has 0 aliphatic carbocycles. The lowest BCUT2D eigenvalue weighted by Gasteiger charge is -2.37. The summed E-state index contributed by atoms with van der Waals surface area (Å²) < 4.78 is 37.6. The van der Waals surface area contributed by atoms with Gasteiger partial charge < -0.3 is 9.80 Å². The third-order valence-corrected chi connectivity index (χ3v) is 6.16. The van der Waals surface area contributed by atoms with Crippen LogP contribution in [0.5, 0.6) is 0 Å². The summed E-state index contributed by atoms with van der Waals surface area (Å²) in [5.74, 6) is -0.0896. The van der Waals surface area contributed by atoms with E-state index in [0.717, 1.165) is 31.9 Å². The highest BCUT2D eigenvalue weighted by molar-refractivity contribution is 7.91. The van der Waals surface area contributed by atoms with Crippen molar-refractivity contribution >= 4 is 21.2 Å². The molecule has 1 aliphatic heterocycles. The molecule has 1 heterocycles. The fraction of sp³-hybridized carbons (Fsp3) is 0.333. The van der Waals surface area contributed by atoms with Gasteiger partial charge in [-0.1, -0.05) is 19.1 Å². The predicted octanol–water partition coefficient (Wildman–Crippen LogP) is 2.95. The first-order valence-corrected chi connectivity index (χ1v) is 9.74. The van der Waals surface area contributed by atoms with Crippen molar-refractivity contribution in [2.45, 2.75) is 11.8 Å².